The molecule has 0 spiro atoms. The zero-order valence-corrected chi connectivity index (χ0v) is 27.4. The summed E-state index contributed by atoms with van der Waals surface area (Å²) in [5.74, 6) is 8.86. The number of benzene rings is 2. The maximum Gasteiger partial charge on any atom is 0.115 e. The molecule has 44 heavy (non-hydrogen) atoms. The highest BCUT2D eigenvalue weighted by Crippen LogP contribution is 2.17. The Labute approximate surface area is 268 Å². The van der Waals surface area contributed by atoms with Gasteiger partial charge in [0, 0.05) is 38.1 Å². The number of nitrogens with one attached hydrogen (secondary N) is 2. The molecule has 1 unspecified atom stereocenters. The molecule has 2 aromatic carbocycles. The van der Waals surface area contributed by atoms with Crippen molar-refractivity contribution in [2.45, 2.75) is 45.1 Å². The van der Waals surface area contributed by atoms with Crippen LogP contribution < -0.4 is 28.1 Å². The van der Waals surface area contributed by atoms with Crippen LogP contribution >= 0.6 is 0 Å². The zero-order chi connectivity index (χ0) is 33.4. The first kappa shape index (κ1) is 42.3. The second-order valence-corrected chi connectivity index (χ2v) is 10.2. The highest BCUT2D eigenvalue weighted by molar-refractivity contribution is 5.26. The van der Waals surface area contributed by atoms with E-state index in [9.17, 15) is 5.11 Å². The SMILES string of the molecule is C=CCC(Cc1ccc(O)cc1)CN(C)CCCC(=C)NCCOC.C=CCCC(=C)NCc1ccccc1.C=CN.NN. The van der Waals surface area contributed by atoms with Gasteiger partial charge in [0.2, 0.25) is 0 Å². The van der Waals surface area contributed by atoms with Crippen molar-refractivity contribution in [2.24, 2.45) is 23.3 Å². The number of phenolic OH excluding ortho intramolecular Hbond substituents is 1. The maximum atomic E-state index is 9.41. The zero-order valence-electron chi connectivity index (χ0n) is 27.4. The molecule has 8 nitrogen and oxygen atoms in total. The van der Waals surface area contributed by atoms with E-state index in [4.69, 9.17) is 4.74 Å². The first-order valence-corrected chi connectivity index (χ1v) is 15.0. The van der Waals surface area contributed by atoms with Crippen molar-refractivity contribution in [1.29, 1.82) is 0 Å². The third-order valence-electron chi connectivity index (χ3n) is 6.27. The number of ether oxygens (including phenoxy) is 1. The molecular formula is C36H60N6O2. The Morgan fingerprint density at radius 2 is 1.55 bits per heavy atom. The molecule has 9 N–H and O–H groups in total. The van der Waals surface area contributed by atoms with Gasteiger partial charge in [0.15, 0.2) is 0 Å². The van der Waals surface area contributed by atoms with Crippen molar-refractivity contribution in [1.82, 2.24) is 15.5 Å². The van der Waals surface area contributed by atoms with Crippen LogP contribution in [0.2, 0.25) is 0 Å². The summed E-state index contributed by atoms with van der Waals surface area (Å²) in [6, 6.07) is 17.8. The predicted octanol–water partition coefficient (Wildman–Crippen LogP) is 5.75. The smallest absolute Gasteiger partial charge is 0.115 e. The number of phenols is 1. The van der Waals surface area contributed by atoms with Crippen LogP contribution in [0, 0.1) is 5.92 Å². The average Bonchev–Trinajstić information content (AvgIpc) is 3.02. The molecule has 0 amide bonds. The van der Waals surface area contributed by atoms with E-state index < -0.39 is 0 Å². The summed E-state index contributed by atoms with van der Waals surface area (Å²) in [6.45, 7) is 23.2. The Morgan fingerprint density at radius 3 is 2.11 bits per heavy atom. The molecule has 0 radical (unpaired) electrons. The van der Waals surface area contributed by atoms with Gasteiger partial charge < -0.3 is 31.1 Å². The summed E-state index contributed by atoms with van der Waals surface area (Å²) in [6.07, 6.45) is 11.2. The van der Waals surface area contributed by atoms with E-state index in [-0.39, 0.29) is 0 Å². The average molecular weight is 609 g/mol. The number of hydrogen-bond acceptors (Lipinski definition) is 8. The lowest BCUT2D eigenvalue weighted by Gasteiger charge is -2.23. The molecule has 0 saturated heterocycles. The highest BCUT2D eigenvalue weighted by atomic mass is 16.5. The van der Waals surface area contributed by atoms with Gasteiger partial charge in [-0.2, -0.15) is 0 Å². The fourth-order valence-electron chi connectivity index (χ4n) is 4.12. The Balaban J connectivity index is 0. The van der Waals surface area contributed by atoms with Crippen molar-refractivity contribution in [2.75, 3.05) is 40.4 Å². The molecule has 0 aliphatic rings. The number of methoxy groups -OCH3 is 1. The minimum Gasteiger partial charge on any atom is -0.508 e. The quantitative estimate of drug-likeness (QED) is 0.0484. The first-order valence-electron chi connectivity index (χ1n) is 15.0. The van der Waals surface area contributed by atoms with Crippen LogP contribution in [0.1, 0.15) is 43.2 Å². The first-order chi connectivity index (χ1) is 21.3. The lowest BCUT2D eigenvalue weighted by atomic mass is 9.95. The van der Waals surface area contributed by atoms with Crippen LogP contribution in [0.5, 0.6) is 5.75 Å². The fraction of sp³-hybridized carbons (Fsp3) is 0.389. The van der Waals surface area contributed by atoms with Gasteiger partial charge in [0.05, 0.1) is 6.61 Å². The summed E-state index contributed by atoms with van der Waals surface area (Å²) >= 11 is 0. The van der Waals surface area contributed by atoms with Gasteiger partial charge in [-0.25, -0.2) is 0 Å². The van der Waals surface area contributed by atoms with Crippen LogP contribution in [0.3, 0.4) is 0 Å². The molecular weight excluding hydrogens is 548 g/mol. The molecule has 0 heterocycles. The highest BCUT2D eigenvalue weighted by Gasteiger charge is 2.11. The molecule has 0 aliphatic heterocycles. The maximum absolute atomic E-state index is 9.41. The molecule has 0 aliphatic carbocycles. The van der Waals surface area contributed by atoms with Crippen LogP contribution in [-0.2, 0) is 17.7 Å². The molecule has 0 aromatic heterocycles. The third kappa shape index (κ3) is 25.9. The summed E-state index contributed by atoms with van der Waals surface area (Å²) < 4.78 is 5.02. The molecule has 1 atom stereocenters. The van der Waals surface area contributed by atoms with E-state index in [2.05, 4.69) is 85.0 Å². The number of nitrogens with zero attached hydrogens (tertiary/aromatic N) is 1. The molecule has 0 bridgehead atoms. The van der Waals surface area contributed by atoms with Crippen molar-refractivity contribution < 1.29 is 9.84 Å². The summed E-state index contributed by atoms with van der Waals surface area (Å²) in [7, 11) is 3.88. The molecule has 246 valence electrons. The third-order valence-corrected chi connectivity index (χ3v) is 6.27. The molecule has 2 aromatic rings. The Bertz CT molecular complexity index is 995. The molecule has 2 rings (SSSR count). The number of rotatable bonds is 20. The Kier molecular flexibility index (Phi) is 29.5. The fourth-order valence-corrected chi connectivity index (χ4v) is 4.12. The Morgan fingerprint density at radius 1 is 0.932 bits per heavy atom. The van der Waals surface area contributed by atoms with Crippen molar-refractivity contribution in [3.05, 3.63) is 128 Å². The van der Waals surface area contributed by atoms with Crippen molar-refractivity contribution in [3.8, 4) is 5.75 Å². The summed E-state index contributed by atoms with van der Waals surface area (Å²) in [4.78, 5) is 2.39. The second kappa shape index (κ2) is 30.6. The van der Waals surface area contributed by atoms with E-state index in [0.717, 1.165) is 76.1 Å². The second-order valence-electron chi connectivity index (χ2n) is 10.2. The van der Waals surface area contributed by atoms with Crippen molar-refractivity contribution >= 4 is 0 Å². The van der Waals surface area contributed by atoms with Gasteiger partial charge >= 0.3 is 0 Å². The monoisotopic (exact) mass is 608 g/mol. The number of aromatic hydroxyl groups is 1. The van der Waals surface area contributed by atoms with Crippen molar-refractivity contribution in [3.63, 3.8) is 0 Å². The molecule has 8 heteroatoms. The largest absolute Gasteiger partial charge is 0.508 e. The molecule has 0 fully saturated rings. The van der Waals surface area contributed by atoms with Gasteiger partial charge in [0.1, 0.15) is 5.75 Å². The van der Waals surface area contributed by atoms with Crippen LogP contribution in [-0.4, -0.2) is 50.4 Å². The van der Waals surface area contributed by atoms with Crippen LogP contribution in [0.4, 0.5) is 0 Å². The van der Waals surface area contributed by atoms with Gasteiger partial charge in [-0.15, -0.1) is 13.2 Å². The van der Waals surface area contributed by atoms with Gasteiger partial charge in [-0.05, 0) is 87.5 Å². The minimum atomic E-state index is 0.320. The number of hydrazine groups is 1. The predicted molar refractivity (Wildman–Crippen MR) is 190 cm³/mol. The lowest BCUT2D eigenvalue weighted by Crippen LogP contribution is -2.28. The Hall–Kier alpha value is -3.82. The summed E-state index contributed by atoms with van der Waals surface area (Å²) in [5, 5.41) is 16.0. The van der Waals surface area contributed by atoms with E-state index in [0.29, 0.717) is 18.3 Å². The van der Waals surface area contributed by atoms with Gasteiger partial charge in [-0.1, -0.05) is 74.4 Å². The van der Waals surface area contributed by atoms with E-state index >= 15 is 0 Å². The number of hydrogen-bond donors (Lipinski definition) is 6. The summed E-state index contributed by atoms with van der Waals surface area (Å²) in [5.41, 5.74) is 9.31. The standard InChI is InChI=1S/C21H34N2O2.C13H17N.C2H5N.H4N2/c1-5-7-20(16-19-9-11-21(24)12-10-19)17-23(3)14-6-8-18(2)22-13-15-25-4;1-3-4-8-12(2)14-11-13-9-6-5-7-10-13;1-2-3;1-2/h5,9-12,20,22,24H,1-2,6-8,13-17H2,3-4H3;3,5-7,9-10,14H,1-2,4,8,11H2;2H,1,3H2;1-2H2. The lowest BCUT2D eigenvalue weighted by molar-refractivity contribution is 0.201. The van der Waals surface area contributed by atoms with Gasteiger partial charge in [-0.3, -0.25) is 11.7 Å². The topological polar surface area (TPSA) is 135 Å². The van der Waals surface area contributed by atoms with E-state index in [1.807, 2.05) is 42.5 Å². The van der Waals surface area contributed by atoms with E-state index in [1.54, 1.807) is 19.2 Å². The number of allylic oxidation sites excluding steroid dienone is 4. The molecule has 0 saturated carbocycles. The normalized spacial score (nSPS) is 10.3. The van der Waals surface area contributed by atoms with Crippen LogP contribution in [0.25, 0.3) is 0 Å². The van der Waals surface area contributed by atoms with Gasteiger partial charge in [0.25, 0.3) is 0 Å². The van der Waals surface area contributed by atoms with Crippen LogP contribution in [0.15, 0.2) is 117 Å². The minimum absolute atomic E-state index is 0.320. The number of nitrogens with two attached hydrogens (primary N) is 3. The van der Waals surface area contributed by atoms with E-state index in [1.165, 1.54) is 17.3 Å².